The molecule has 0 bridgehead atoms. The summed E-state index contributed by atoms with van der Waals surface area (Å²) >= 11 is 0. The molecule has 0 aliphatic rings. The summed E-state index contributed by atoms with van der Waals surface area (Å²) in [6.07, 6.45) is 2.88. The lowest BCUT2D eigenvalue weighted by Gasteiger charge is -2.16. The van der Waals surface area contributed by atoms with Crippen LogP contribution in [0.5, 0.6) is 11.8 Å². The molecule has 3 N–H and O–H groups in total. The molecular formula is C11H10N2O4. The Morgan fingerprint density at radius 1 is 1.24 bits per heavy atom. The third kappa shape index (κ3) is 1.92. The fourth-order valence-electron chi connectivity index (χ4n) is 1.63. The second kappa shape index (κ2) is 4.17. The SMILES string of the molecule is O=C(O)C(c1cccnc1)n1c(O)ccc1O. The first-order valence-electron chi connectivity index (χ1n) is 4.83. The highest BCUT2D eigenvalue weighted by Gasteiger charge is 2.26. The summed E-state index contributed by atoms with van der Waals surface area (Å²) in [7, 11) is 0. The van der Waals surface area contributed by atoms with Gasteiger partial charge in [0.2, 0.25) is 0 Å². The van der Waals surface area contributed by atoms with Crippen molar-refractivity contribution in [3.05, 3.63) is 42.2 Å². The lowest BCUT2D eigenvalue weighted by molar-refractivity contribution is -0.139. The van der Waals surface area contributed by atoms with E-state index in [0.29, 0.717) is 5.56 Å². The van der Waals surface area contributed by atoms with Crippen molar-refractivity contribution in [1.29, 1.82) is 0 Å². The zero-order valence-corrected chi connectivity index (χ0v) is 8.69. The molecule has 0 radical (unpaired) electrons. The second-order valence-electron chi connectivity index (χ2n) is 3.45. The molecule has 88 valence electrons. The smallest absolute Gasteiger partial charge is 0.331 e. The van der Waals surface area contributed by atoms with E-state index in [1.807, 2.05) is 0 Å². The number of carboxylic acid groups (broad SMARTS) is 1. The highest BCUT2D eigenvalue weighted by atomic mass is 16.4. The summed E-state index contributed by atoms with van der Waals surface area (Å²) in [6.45, 7) is 0. The number of hydrogen-bond acceptors (Lipinski definition) is 4. The Balaban J connectivity index is 2.55. The van der Waals surface area contributed by atoms with Gasteiger partial charge in [-0.15, -0.1) is 0 Å². The largest absolute Gasteiger partial charge is 0.494 e. The molecule has 6 heteroatoms. The Kier molecular flexibility index (Phi) is 2.70. The first-order chi connectivity index (χ1) is 8.11. The number of aliphatic carboxylic acids is 1. The molecule has 0 aromatic carbocycles. The summed E-state index contributed by atoms with van der Waals surface area (Å²) < 4.78 is 0.916. The third-order valence-electron chi connectivity index (χ3n) is 2.37. The molecule has 0 aliphatic carbocycles. The zero-order chi connectivity index (χ0) is 12.4. The molecule has 0 aliphatic heterocycles. The molecule has 6 nitrogen and oxygen atoms in total. The lowest BCUT2D eigenvalue weighted by Crippen LogP contribution is -2.19. The van der Waals surface area contributed by atoms with Gasteiger partial charge in [0, 0.05) is 30.1 Å². The maximum absolute atomic E-state index is 11.2. The fraction of sp³-hybridized carbons (Fsp3) is 0.0909. The highest BCUT2D eigenvalue weighted by Crippen LogP contribution is 2.30. The van der Waals surface area contributed by atoms with Gasteiger partial charge in [0.25, 0.3) is 0 Å². The summed E-state index contributed by atoms with van der Waals surface area (Å²) in [6, 6.07) is 4.38. The molecule has 17 heavy (non-hydrogen) atoms. The van der Waals surface area contributed by atoms with Crippen LogP contribution in [0.15, 0.2) is 36.7 Å². The maximum atomic E-state index is 11.2. The number of nitrogens with zero attached hydrogens (tertiary/aromatic N) is 2. The number of carbonyl (C=O) groups is 1. The van der Waals surface area contributed by atoms with E-state index in [4.69, 9.17) is 0 Å². The van der Waals surface area contributed by atoms with Crippen LogP contribution < -0.4 is 0 Å². The van der Waals surface area contributed by atoms with Gasteiger partial charge in [0.05, 0.1) is 0 Å². The van der Waals surface area contributed by atoms with Gasteiger partial charge >= 0.3 is 5.97 Å². The van der Waals surface area contributed by atoms with Gasteiger partial charge in [-0.05, 0) is 6.07 Å². The van der Waals surface area contributed by atoms with Crippen LogP contribution in [0.4, 0.5) is 0 Å². The number of carboxylic acids is 1. The molecule has 1 atom stereocenters. The van der Waals surface area contributed by atoms with E-state index in [-0.39, 0.29) is 11.8 Å². The molecule has 2 heterocycles. The number of hydrogen-bond donors (Lipinski definition) is 3. The van der Waals surface area contributed by atoms with E-state index in [0.717, 1.165) is 4.57 Å². The monoisotopic (exact) mass is 234 g/mol. The number of rotatable bonds is 3. The van der Waals surface area contributed by atoms with Crippen molar-refractivity contribution >= 4 is 5.97 Å². The van der Waals surface area contributed by atoms with Crippen LogP contribution >= 0.6 is 0 Å². The van der Waals surface area contributed by atoms with Gasteiger partial charge in [-0.3, -0.25) is 9.55 Å². The molecule has 0 amide bonds. The highest BCUT2D eigenvalue weighted by molar-refractivity contribution is 5.76. The van der Waals surface area contributed by atoms with E-state index in [2.05, 4.69) is 4.98 Å². The topological polar surface area (TPSA) is 95.6 Å². The lowest BCUT2D eigenvalue weighted by atomic mass is 10.1. The average Bonchev–Trinajstić information content (AvgIpc) is 2.62. The van der Waals surface area contributed by atoms with Gasteiger partial charge in [-0.1, -0.05) is 6.07 Å². The normalized spacial score (nSPS) is 12.2. The Labute approximate surface area is 96.4 Å². The minimum Gasteiger partial charge on any atom is -0.494 e. The molecule has 1 unspecified atom stereocenters. The van der Waals surface area contributed by atoms with E-state index in [9.17, 15) is 20.1 Å². The van der Waals surface area contributed by atoms with Crippen molar-refractivity contribution in [3.8, 4) is 11.8 Å². The Bertz CT molecular complexity index is 516. The maximum Gasteiger partial charge on any atom is 0.331 e. The molecule has 0 spiro atoms. The van der Waals surface area contributed by atoms with Gasteiger partial charge < -0.3 is 15.3 Å². The van der Waals surface area contributed by atoms with E-state index < -0.39 is 12.0 Å². The molecule has 0 fully saturated rings. The van der Waals surface area contributed by atoms with Crippen LogP contribution in [0.2, 0.25) is 0 Å². The molecule has 0 saturated heterocycles. The van der Waals surface area contributed by atoms with Crippen molar-refractivity contribution < 1.29 is 20.1 Å². The first-order valence-corrected chi connectivity index (χ1v) is 4.83. The van der Waals surface area contributed by atoms with Crippen molar-refractivity contribution in [2.24, 2.45) is 0 Å². The van der Waals surface area contributed by atoms with Crippen LogP contribution in [0.3, 0.4) is 0 Å². The summed E-state index contributed by atoms with van der Waals surface area (Å²) in [5.74, 6) is -1.84. The number of aromatic hydroxyl groups is 2. The molecule has 2 aromatic heterocycles. The second-order valence-corrected chi connectivity index (χ2v) is 3.45. The van der Waals surface area contributed by atoms with Crippen LogP contribution in [0, 0.1) is 0 Å². The van der Waals surface area contributed by atoms with Crippen molar-refractivity contribution in [1.82, 2.24) is 9.55 Å². The Hall–Kier alpha value is -2.50. The molecule has 2 rings (SSSR count). The molecule has 2 aromatic rings. The molecule has 0 saturated carbocycles. The van der Waals surface area contributed by atoms with E-state index in [1.165, 1.54) is 24.5 Å². The quantitative estimate of drug-likeness (QED) is 0.735. The van der Waals surface area contributed by atoms with Crippen LogP contribution in [-0.4, -0.2) is 30.8 Å². The Morgan fingerprint density at radius 3 is 2.35 bits per heavy atom. The van der Waals surface area contributed by atoms with Crippen LogP contribution in [-0.2, 0) is 4.79 Å². The summed E-state index contributed by atoms with van der Waals surface area (Å²) in [4.78, 5) is 15.0. The minimum absolute atomic E-state index is 0.321. The summed E-state index contributed by atoms with van der Waals surface area (Å²) in [5, 5.41) is 28.2. The van der Waals surface area contributed by atoms with E-state index >= 15 is 0 Å². The van der Waals surface area contributed by atoms with Crippen molar-refractivity contribution in [3.63, 3.8) is 0 Å². The predicted molar refractivity (Wildman–Crippen MR) is 57.8 cm³/mol. The fourth-order valence-corrected chi connectivity index (χ4v) is 1.63. The van der Waals surface area contributed by atoms with Gasteiger partial charge in [0.1, 0.15) is 0 Å². The number of pyridine rings is 1. The predicted octanol–water partition coefficient (Wildman–Crippen LogP) is 0.968. The van der Waals surface area contributed by atoms with Gasteiger partial charge in [-0.25, -0.2) is 4.79 Å². The van der Waals surface area contributed by atoms with E-state index in [1.54, 1.807) is 12.1 Å². The standard InChI is InChI=1S/C11H10N2O4/c14-8-3-4-9(15)13(8)10(11(16)17)7-2-1-5-12-6-7/h1-6,10,14-15H,(H,16,17). The van der Waals surface area contributed by atoms with Crippen LogP contribution in [0.1, 0.15) is 11.6 Å². The molecular weight excluding hydrogens is 224 g/mol. The van der Waals surface area contributed by atoms with Gasteiger partial charge in [0.15, 0.2) is 17.8 Å². The van der Waals surface area contributed by atoms with Crippen LogP contribution in [0.25, 0.3) is 0 Å². The Morgan fingerprint density at radius 2 is 1.88 bits per heavy atom. The zero-order valence-electron chi connectivity index (χ0n) is 8.69. The first kappa shape index (κ1) is 11.0. The summed E-state index contributed by atoms with van der Waals surface area (Å²) in [5.41, 5.74) is 0.363. The van der Waals surface area contributed by atoms with Crippen molar-refractivity contribution in [2.45, 2.75) is 6.04 Å². The van der Waals surface area contributed by atoms with Crippen molar-refractivity contribution in [2.75, 3.05) is 0 Å². The average molecular weight is 234 g/mol. The number of aromatic nitrogens is 2. The third-order valence-corrected chi connectivity index (χ3v) is 2.37. The minimum atomic E-state index is -1.21. The van der Waals surface area contributed by atoms with Gasteiger partial charge in [-0.2, -0.15) is 0 Å².